The molecule has 0 radical (unpaired) electrons. The molecule has 6 heteroatoms. The average molecular weight is 299 g/mol. The molecule has 0 aliphatic rings. The summed E-state index contributed by atoms with van der Waals surface area (Å²) < 4.78 is 27.4. The summed E-state index contributed by atoms with van der Waals surface area (Å²) >= 11 is 0. The molecule has 0 amide bonds. The van der Waals surface area contributed by atoms with Gasteiger partial charge in [0, 0.05) is 19.3 Å². The first-order chi connectivity index (χ1) is 9.27. The molecule has 0 aliphatic heterocycles. The van der Waals surface area contributed by atoms with Crippen LogP contribution in [0.3, 0.4) is 0 Å². The molecule has 0 heterocycles. The van der Waals surface area contributed by atoms with Crippen molar-refractivity contribution in [2.45, 2.75) is 25.2 Å². The van der Waals surface area contributed by atoms with Gasteiger partial charge in [-0.15, -0.1) is 0 Å². The van der Waals surface area contributed by atoms with E-state index in [1.165, 1.54) is 0 Å². The summed E-state index contributed by atoms with van der Waals surface area (Å²) in [6, 6.07) is 3.70. The maximum atomic E-state index is 12.4. The van der Waals surface area contributed by atoms with Crippen LogP contribution in [0.5, 0.6) is 0 Å². The van der Waals surface area contributed by atoms with Crippen molar-refractivity contribution in [3.63, 3.8) is 0 Å². The quantitative estimate of drug-likeness (QED) is 0.750. The van der Waals surface area contributed by atoms with Gasteiger partial charge in [-0.05, 0) is 64.2 Å². The topological polar surface area (TPSA) is 61.4 Å². The van der Waals surface area contributed by atoms with Gasteiger partial charge < -0.3 is 10.2 Å². The number of sulfonamides is 1. The van der Waals surface area contributed by atoms with Gasteiger partial charge in [-0.25, -0.2) is 13.1 Å². The largest absolute Gasteiger partial charge is 0.388 e. The van der Waals surface area contributed by atoms with Gasteiger partial charge in [-0.2, -0.15) is 0 Å². The van der Waals surface area contributed by atoms with Gasteiger partial charge in [-0.1, -0.05) is 0 Å². The van der Waals surface area contributed by atoms with Crippen LogP contribution in [0.4, 0.5) is 5.69 Å². The molecule has 0 atom stereocenters. The monoisotopic (exact) mass is 299 g/mol. The standard InChI is InChI=1S/C14H25N3O2S/c1-11-9-13(15-3)10-12(2)14(11)20(18,19)16-7-6-8-17(4)5/h9-10,15-16H,6-8H2,1-5H3. The van der Waals surface area contributed by atoms with E-state index in [4.69, 9.17) is 0 Å². The Balaban J connectivity index is 2.87. The Bertz CT molecular complexity index is 531. The van der Waals surface area contributed by atoms with Gasteiger partial charge in [0.05, 0.1) is 4.90 Å². The van der Waals surface area contributed by atoms with Crippen molar-refractivity contribution in [2.75, 3.05) is 39.5 Å². The van der Waals surface area contributed by atoms with Crippen molar-refractivity contribution in [3.05, 3.63) is 23.3 Å². The van der Waals surface area contributed by atoms with E-state index in [1.807, 2.05) is 52.0 Å². The summed E-state index contributed by atoms with van der Waals surface area (Å²) in [5.74, 6) is 0. The first kappa shape index (κ1) is 16.9. The Labute approximate surface area is 122 Å². The third-order valence-electron chi connectivity index (χ3n) is 3.09. The fourth-order valence-corrected chi connectivity index (χ4v) is 3.72. The van der Waals surface area contributed by atoms with Gasteiger partial charge in [0.2, 0.25) is 10.0 Å². The van der Waals surface area contributed by atoms with Crippen LogP contribution < -0.4 is 10.0 Å². The van der Waals surface area contributed by atoms with E-state index in [2.05, 4.69) is 10.0 Å². The molecule has 5 nitrogen and oxygen atoms in total. The van der Waals surface area contributed by atoms with Crippen LogP contribution in [0.1, 0.15) is 17.5 Å². The molecule has 1 aromatic carbocycles. The van der Waals surface area contributed by atoms with Crippen molar-refractivity contribution in [1.82, 2.24) is 9.62 Å². The first-order valence-electron chi connectivity index (χ1n) is 6.71. The number of rotatable bonds is 7. The molecule has 1 rings (SSSR count). The Hall–Kier alpha value is -1.11. The highest BCUT2D eigenvalue weighted by Crippen LogP contribution is 2.24. The number of nitrogens with one attached hydrogen (secondary N) is 2. The predicted molar refractivity (Wildman–Crippen MR) is 83.8 cm³/mol. The van der Waals surface area contributed by atoms with Gasteiger partial charge >= 0.3 is 0 Å². The second kappa shape index (κ2) is 7.06. The van der Waals surface area contributed by atoms with Crippen LogP contribution in [0.2, 0.25) is 0 Å². The van der Waals surface area contributed by atoms with Crippen molar-refractivity contribution in [3.8, 4) is 0 Å². The van der Waals surface area contributed by atoms with Crippen molar-refractivity contribution >= 4 is 15.7 Å². The maximum Gasteiger partial charge on any atom is 0.241 e. The van der Waals surface area contributed by atoms with E-state index in [1.54, 1.807) is 0 Å². The minimum Gasteiger partial charge on any atom is -0.388 e. The number of nitrogens with zero attached hydrogens (tertiary/aromatic N) is 1. The highest BCUT2D eigenvalue weighted by Gasteiger charge is 2.19. The molecule has 0 saturated heterocycles. The highest BCUT2D eigenvalue weighted by molar-refractivity contribution is 7.89. The van der Waals surface area contributed by atoms with Crippen LogP contribution >= 0.6 is 0 Å². The lowest BCUT2D eigenvalue weighted by molar-refractivity contribution is 0.400. The fraction of sp³-hybridized carbons (Fsp3) is 0.571. The maximum absolute atomic E-state index is 12.4. The molecule has 0 bridgehead atoms. The zero-order valence-electron chi connectivity index (χ0n) is 12.9. The minimum absolute atomic E-state index is 0.390. The predicted octanol–water partition coefficient (Wildman–Crippen LogP) is 1.58. The summed E-state index contributed by atoms with van der Waals surface area (Å²) in [5, 5.41) is 3.03. The summed E-state index contributed by atoms with van der Waals surface area (Å²) in [7, 11) is 2.32. The third-order valence-corrected chi connectivity index (χ3v) is 4.86. The summed E-state index contributed by atoms with van der Waals surface area (Å²) in [4.78, 5) is 2.42. The van der Waals surface area contributed by atoms with Gasteiger partial charge in [0.15, 0.2) is 0 Å². The SMILES string of the molecule is CNc1cc(C)c(S(=O)(=O)NCCCN(C)C)c(C)c1. The zero-order valence-corrected chi connectivity index (χ0v) is 13.8. The van der Waals surface area contributed by atoms with Crippen molar-refractivity contribution in [2.24, 2.45) is 0 Å². The minimum atomic E-state index is -3.44. The van der Waals surface area contributed by atoms with Crippen LogP contribution in [0.25, 0.3) is 0 Å². The number of benzene rings is 1. The molecule has 0 aromatic heterocycles. The van der Waals surface area contributed by atoms with E-state index in [9.17, 15) is 8.42 Å². The Morgan fingerprint density at radius 1 is 1.15 bits per heavy atom. The number of hydrogen-bond donors (Lipinski definition) is 2. The molecule has 0 spiro atoms. The molecule has 0 fully saturated rings. The van der Waals surface area contributed by atoms with Gasteiger partial charge in [0.25, 0.3) is 0 Å². The fourth-order valence-electron chi connectivity index (χ4n) is 2.19. The zero-order chi connectivity index (χ0) is 15.3. The van der Waals surface area contributed by atoms with Gasteiger partial charge in [-0.3, -0.25) is 0 Å². The molecular formula is C14H25N3O2S. The van der Waals surface area contributed by atoms with Crippen LogP contribution in [-0.2, 0) is 10.0 Å². The summed E-state index contributed by atoms with van der Waals surface area (Å²) in [6.07, 6.45) is 0.791. The Kier molecular flexibility index (Phi) is 5.98. The molecule has 0 aliphatic carbocycles. The number of hydrogen-bond acceptors (Lipinski definition) is 4. The lowest BCUT2D eigenvalue weighted by Crippen LogP contribution is -2.28. The lowest BCUT2D eigenvalue weighted by Gasteiger charge is -2.15. The van der Waals surface area contributed by atoms with E-state index in [0.717, 1.165) is 29.8 Å². The van der Waals surface area contributed by atoms with Crippen molar-refractivity contribution < 1.29 is 8.42 Å². The normalized spacial score (nSPS) is 11.9. The molecule has 20 heavy (non-hydrogen) atoms. The second-order valence-electron chi connectivity index (χ2n) is 5.24. The molecule has 114 valence electrons. The molecule has 0 unspecified atom stereocenters. The van der Waals surface area contributed by atoms with Crippen LogP contribution in [0.15, 0.2) is 17.0 Å². The number of aryl methyl sites for hydroxylation is 2. The molecule has 2 N–H and O–H groups in total. The Morgan fingerprint density at radius 3 is 2.15 bits per heavy atom. The summed E-state index contributed by atoms with van der Waals surface area (Å²) in [5.41, 5.74) is 2.44. The van der Waals surface area contributed by atoms with E-state index >= 15 is 0 Å². The average Bonchev–Trinajstić information content (AvgIpc) is 2.33. The van der Waals surface area contributed by atoms with E-state index in [0.29, 0.717) is 11.4 Å². The van der Waals surface area contributed by atoms with Crippen LogP contribution in [-0.4, -0.2) is 47.6 Å². The van der Waals surface area contributed by atoms with Crippen molar-refractivity contribution in [1.29, 1.82) is 0 Å². The van der Waals surface area contributed by atoms with E-state index in [-0.39, 0.29) is 0 Å². The van der Waals surface area contributed by atoms with Crippen LogP contribution in [0, 0.1) is 13.8 Å². The molecule has 1 aromatic rings. The second-order valence-corrected chi connectivity index (χ2v) is 6.95. The van der Waals surface area contributed by atoms with Gasteiger partial charge in [0.1, 0.15) is 0 Å². The summed E-state index contributed by atoms with van der Waals surface area (Å²) in [6.45, 7) is 4.96. The Morgan fingerprint density at radius 2 is 1.70 bits per heavy atom. The lowest BCUT2D eigenvalue weighted by atomic mass is 10.1. The third kappa shape index (κ3) is 4.47. The number of anilines is 1. The molecular weight excluding hydrogens is 274 g/mol. The highest BCUT2D eigenvalue weighted by atomic mass is 32.2. The molecule has 0 saturated carbocycles. The smallest absolute Gasteiger partial charge is 0.241 e. The van der Waals surface area contributed by atoms with E-state index < -0.39 is 10.0 Å². The first-order valence-corrected chi connectivity index (χ1v) is 8.19.